The van der Waals surface area contributed by atoms with Crippen LogP contribution in [0.1, 0.15) is 55.8 Å². The number of benzene rings is 1. The predicted octanol–water partition coefficient (Wildman–Crippen LogP) is 4.21. The summed E-state index contributed by atoms with van der Waals surface area (Å²) in [6.07, 6.45) is -2.45. The van der Waals surface area contributed by atoms with Gasteiger partial charge in [-0.25, -0.2) is 4.39 Å². The quantitative estimate of drug-likeness (QED) is 0.297. The molecule has 4 heterocycles. The van der Waals surface area contributed by atoms with Crippen LogP contribution in [0.4, 0.5) is 17.6 Å². The first-order chi connectivity index (χ1) is 21.0. The van der Waals surface area contributed by atoms with Crippen molar-refractivity contribution in [1.29, 1.82) is 0 Å². The van der Waals surface area contributed by atoms with Crippen molar-refractivity contribution in [1.82, 2.24) is 24.5 Å². The second kappa shape index (κ2) is 14.5. The van der Waals surface area contributed by atoms with E-state index in [0.717, 1.165) is 55.0 Å². The van der Waals surface area contributed by atoms with Crippen LogP contribution in [0.3, 0.4) is 0 Å². The van der Waals surface area contributed by atoms with Crippen LogP contribution in [0.2, 0.25) is 0 Å². The zero-order valence-corrected chi connectivity index (χ0v) is 26.1. The maximum atomic E-state index is 14.1. The monoisotopic (exact) mass is 641 g/mol. The molecule has 1 aromatic heterocycles. The lowest BCUT2D eigenvalue weighted by Gasteiger charge is -2.30. The first kappa shape index (κ1) is 33.2. The first-order valence-corrected chi connectivity index (χ1v) is 16.6. The van der Waals surface area contributed by atoms with Gasteiger partial charge in [-0.3, -0.25) is 9.48 Å². The number of thioether (sulfide) groups is 1. The molecule has 13 heteroatoms. The van der Waals surface area contributed by atoms with Crippen molar-refractivity contribution in [3.63, 3.8) is 0 Å². The van der Waals surface area contributed by atoms with Crippen LogP contribution in [-0.2, 0) is 30.5 Å². The van der Waals surface area contributed by atoms with E-state index in [1.807, 2.05) is 0 Å². The zero-order chi connectivity index (χ0) is 31.4. The molecule has 0 radical (unpaired) electrons. The smallest absolute Gasteiger partial charge is 0.390 e. The minimum atomic E-state index is -4.54. The Labute approximate surface area is 260 Å². The van der Waals surface area contributed by atoms with Gasteiger partial charge < -0.3 is 24.9 Å². The Hall–Kier alpha value is -2.19. The second-order valence-electron chi connectivity index (χ2n) is 12.2. The summed E-state index contributed by atoms with van der Waals surface area (Å²) in [6, 6.07) is 4.03. The minimum absolute atomic E-state index is 0.0940. The maximum Gasteiger partial charge on any atom is 0.417 e. The molecule has 0 aliphatic carbocycles. The van der Waals surface area contributed by atoms with E-state index in [1.165, 1.54) is 25.5 Å². The van der Waals surface area contributed by atoms with Crippen LogP contribution >= 0.6 is 11.8 Å². The third-order valence-corrected chi connectivity index (χ3v) is 9.88. The molecule has 1 amide bonds. The number of aliphatic hydroxyl groups is 2. The van der Waals surface area contributed by atoms with Gasteiger partial charge in [0.2, 0.25) is 0 Å². The van der Waals surface area contributed by atoms with E-state index >= 15 is 0 Å². The van der Waals surface area contributed by atoms with Crippen molar-refractivity contribution in [2.75, 3.05) is 51.6 Å². The minimum Gasteiger partial charge on any atom is -0.390 e. The summed E-state index contributed by atoms with van der Waals surface area (Å²) in [5.41, 5.74) is 1.84. The Kier molecular flexibility index (Phi) is 10.9. The molecule has 2 N–H and O–H groups in total. The third kappa shape index (κ3) is 8.14. The molecule has 2 fully saturated rings. The highest BCUT2D eigenvalue weighted by atomic mass is 32.2. The lowest BCUT2D eigenvalue weighted by Crippen LogP contribution is -2.42. The number of alkyl halides is 4. The topological polar surface area (TPSA) is 85.1 Å². The molecule has 0 spiro atoms. The fourth-order valence-corrected chi connectivity index (χ4v) is 7.58. The number of fused-ring (bicyclic) bond motifs is 1. The summed E-state index contributed by atoms with van der Waals surface area (Å²) in [5.74, 6) is 0.00926. The molecule has 0 saturated carbocycles. The van der Waals surface area contributed by atoms with Gasteiger partial charge in [-0.05, 0) is 57.8 Å². The molecule has 5 rings (SSSR count). The van der Waals surface area contributed by atoms with Crippen LogP contribution in [0.5, 0.6) is 0 Å². The maximum absolute atomic E-state index is 14.1. The Bertz CT molecular complexity index is 1280. The molecule has 8 nitrogen and oxygen atoms in total. The zero-order valence-electron chi connectivity index (χ0n) is 25.2. The van der Waals surface area contributed by atoms with Crippen LogP contribution in [-0.4, -0.2) is 111 Å². The molecule has 3 aliphatic rings. The molecule has 2 saturated heterocycles. The molecule has 2 atom stereocenters. The molecule has 44 heavy (non-hydrogen) atoms. The Morgan fingerprint density at radius 3 is 2.45 bits per heavy atom. The van der Waals surface area contributed by atoms with Gasteiger partial charge in [-0.15, -0.1) is 11.8 Å². The number of halogens is 4. The Balaban J connectivity index is 1.42. The van der Waals surface area contributed by atoms with Crippen molar-refractivity contribution in [3.05, 3.63) is 35.0 Å². The summed E-state index contributed by atoms with van der Waals surface area (Å²) in [4.78, 5) is 18.7. The number of likely N-dealkylation sites (tertiary alicyclic amines) is 2. The number of hydrogen-bond acceptors (Lipinski definition) is 7. The highest BCUT2D eigenvalue weighted by molar-refractivity contribution is 7.99. The van der Waals surface area contributed by atoms with Crippen LogP contribution < -0.4 is 0 Å². The van der Waals surface area contributed by atoms with Crippen molar-refractivity contribution in [3.8, 4) is 11.3 Å². The van der Waals surface area contributed by atoms with Gasteiger partial charge in [-0.2, -0.15) is 18.3 Å². The van der Waals surface area contributed by atoms with Crippen molar-refractivity contribution < 1.29 is 32.6 Å². The highest BCUT2D eigenvalue weighted by Crippen LogP contribution is 2.40. The number of aromatic nitrogens is 2. The van der Waals surface area contributed by atoms with Crippen LogP contribution in [0.15, 0.2) is 23.1 Å². The molecule has 0 unspecified atom stereocenters. The van der Waals surface area contributed by atoms with Crippen molar-refractivity contribution >= 4 is 17.7 Å². The molecular weight excluding hydrogens is 598 g/mol. The summed E-state index contributed by atoms with van der Waals surface area (Å²) >= 11 is 1.13. The second-order valence-corrected chi connectivity index (χ2v) is 13.4. The molecule has 2 aromatic rings. The number of nitrogens with zero attached hydrogens (tertiary/aromatic N) is 5. The number of carbonyl (C=O) groups is 1. The van der Waals surface area contributed by atoms with Crippen molar-refractivity contribution in [2.45, 2.75) is 88.0 Å². The van der Waals surface area contributed by atoms with Gasteiger partial charge in [0.05, 0.1) is 23.9 Å². The van der Waals surface area contributed by atoms with Gasteiger partial charge in [0.1, 0.15) is 12.3 Å². The predicted molar refractivity (Wildman–Crippen MR) is 161 cm³/mol. The standard InChI is InChI=1S/C31H43F4N5O3S/c1-21(41)30(43)39-14-9-27-25(20-39)29(36-40(27)19-24(42)18-38-10-3-2-4-11-38)22-5-6-26(31(33,34)35)28(17-22)44-16-15-37-12-7-23(32)8-13-37/h5-6,17,21,23-24,41-42H,2-4,7-16,18-20H2,1H3/t21-,24+/m0/s1. The molecule has 1 aromatic carbocycles. The molecule has 0 bridgehead atoms. The average Bonchev–Trinajstić information content (AvgIpc) is 3.34. The van der Waals surface area contributed by atoms with Gasteiger partial charge in [-0.1, -0.05) is 12.5 Å². The SMILES string of the molecule is C[C@H](O)C(=O)N1CCc2c(c(-c3ccc(C(F)(F)F)c(SCCN4CCC(F)CC4)c3)nn2C[C@H](O)CN2CCCCC2)C1. The van der Waals surface area contributed by atoms with E-state index in [1.54, 1.807) is 9.58 Å². The Morgan fingerprint density at radius 2 is 1.77 bits per heavy atom. The normalized spacial score (nSPS) is 20.5. The summed E-state index contributed by atoms with van der Waals surface area (Å²) in [5, 5.41) is 25.8. The molecule has 3 aliphatic heterocycles. The van der Waals surface area contributed by atoms with Gasteiger partial charge in [0, 0.05) is 73.2 Å². The highest BCUT2D eigenvalue weighted by Gasteiger charge is 2.35. The number of aliphatic hydroxyl groups excluding tert-OH is 2. The molecule has 244 valence electrons. The fourth-order valence-electron chi connectivity index (χ4n) is 6.46. The summed E-state index contributed by atoms with van der Waals surface area (Å²) in [6.45, 7) is 6.36. The van der Waals surface area contributed by atoms with E-state index in [4.69, 9.17) is 5.10 Å². The van der Waals surface area contributed by atoms with Crippen molar-refractivity contribution in [2.24, 2.45) is 0 Å². The van der Waals surface area contributed by atoms with Gasteiger partial charge in [0.25, 0.3) is 5.91 Å². The van der Waals surface area contributed by atoms with E-state index in [0.29, 0.717) is 69.0 Å². The van der Waals surface area contributed by atoms with E-state index in [9.17, 15) is 32.6 Å². The number of carbonyl (C=O) groups excluding carboxylic acids is 1. The number of amides is 1. The number of hydrogen-bond donors (Lipinski definition) is 2. The average molecular weight is 642 g/mol. The lowest BCUT2D eigenvalue weighted by molar-refractivity contribution is -0.140. The number of piperidine rings is 2. The van der Waals surface area contributed by atoms with E-state index < -0.39 is 36.0 Å². The number of β-amino-alcohol motifs (C(OH)–C–C–N with tert-alkyl or cyclic N) is 1. The fraction of sp³-hybridized carbons (Fsp3) is 0.677. The lowest BCUT2D eigenvalue weighted by atomic mass is 9.99. The van der Waals surface area contributed by atoms with E-state index in [-0.39, 0.29) is 18.0 Å². The van der Waals surface area contributed by atoms with Gasteiger partial charge >= 0.3 is 6.18 Å². The third-order valence-electron chi connectivity index (χ3n) is 8.85. The van der Waals surface area contributed by atoms with Gasteiger partial charge in [0.15, 0.2) is 0 Å². The Morgan fingerprint density at radius 1 is 1.05 bits per heavy atom. The van der Waals surface area contributed by atoms with Crippen LogP contribution in [0, 0.1) is 0 Å². The van der Waals surface area contributed by atoms with Crippen LogP contribution in [0.25, 0.3) is 11.3 Å². The largest absolute Gasteiger partial charge is 0.417 e. The summed E-state index contributed by atoms with van der Waals surface area (Å²) < 4.78 is 57.4. The number of rotatable bonds is 10. The van der Waals surface area contributed by atoms with E-state index in [2.05, 4.69) is 9.80 Å². The first-order valence-electron chi connectivity index (χ1n) is 15.7. The molecular formula is C31H43F4N5O3S. The summed E-state index contributed by atoms with van der Waals surface area (Å²) in [7, 11) is 0.